The number of rotatable bonds is 3. The largest absolute Gasteiger partial charge is 0.391 e. The van der Waals surface area contributed by atoms with E-state index in [1.807, 2.05) is 6.92 Å². The Bertz CT molecular complexity index is 323. The normalized spacial score (nSPS) is 19.7. The van der Waals surface area contributed by atoms with Crippen molar-refractivity contribution in [3.63, 3.8) is 0 Å². The summed E-state index contributed by atoms with van der Waals surface area (Å²) in [6, 6.07) is -0.233. The van der Waals surface area contributed by atoms with Crippen LogP contribution in [0.25, 0.3) is 0 Å². The number of carbonyl (C=O) groups is 1. The Balaban J connectivity index is 2.45. The molecule has 0 aromatic carbocycles. The highest BCUT2D eigenvalue weighted by atomic mass is 16.3. The van der Waals surface area contributed by atoms with Gasteiger partial charge >= 0.3 is 6.03 Å². The smallest absolute Gasteiger partial charge is 0.320 e. The maximum atomic E-state index is 11.3. The fraction of sp³-hybridized carbons (Fsp3) is 0.727. The first kappa shape index (κ1) is 13.6. The first-order valence-corrected chi connectivity index (χ1v) is 5.90. The minimum atomic E-state index is -0.429. The molecule has 2 amide bonds. The van der Waals surface area contributed by atoms with Gasteiger partial charge in [-0.05, 0) is 13.8 Å². The van der Waals surface area contributed by atoms with E-state index in [0.717, 1.165) is 12.1 Å². The second-order valence-corrected chi connectivity index (χ2v) is 4.00. The van der Waals surface area contributed by atoms with E-state index in [4.69, 9.17) is 5.11 Å². The molecule has 17 heavy (non-hydrogen) atoms. The number of nitrogens with zero attached hydrogens (tertiary/aromatic N) is 2. The summed E-state index contributed by atoms with van der Waals surface area (Å²) < 4.78 is 0. The number of aliphatic imine (C=N–C) groups is 2. The van der Waals surface area contributed by atoms with Gasteiger partial charge in [-0.2, -0.15) is 0 Å². The van der Waals surface area contributed by atoms with E-state index in [0.29, 0.717) is 31.9 Å². The van der Waals surface area contributed by atoms with E-state index in [2.05, 4.69) is 20.6 Å². The number of amidine groups is 1. The van der Waals surface area contributed by atoms with Gasteiger partial charge in [0.05, 0.1) is 12.6 Å². The number of hydrogen-bond donors (Lipinski definition) is 3. The lowest BCUT2D eigenvalue weighted by atomic mass is 10.1. The van der Waals surface area contributed by atoms with Gasteiger partial charge in [0.1, 0.15) is 5.84 Å². The summed E-state index contributed by atoms with van der Waals surface area (Å²) in [4.78, 5) is 19.8. The van der Waals surface area contributed by atoms with Crippen LogP contribution in [0.4, 0.5) is 4.79 Å². The molecule has 1 unspecified atom stereocenters. The Hall–Kier alpha value is -1.43. The van der Waals surface area contributed by atoms with Gasteiger partial charge in [-0.25, -0.2) is 4.79 Å². The van der Waals surface area contributed by atoms with E-state index >= 15 is 0 Å². The molecule has 1 aliphatic rings. The van der Waals surface area contributed by atoms with Crippen molar-refractivity contribution in [3.8, 4) is 0 Å². The number of carbonyl (C=O) groups excluding carboxylic acids is 1. The quantitative estimate of drug-likeness (QED) is 0.663. The summed E-state index contributed by atoms with van der Waals surface area (Å²) in [5.41, 5.74) is 0.979. The van der Waals surface area contributed by atoms with Crippen LogP contribution in [-0.4, -0.2) is 48.4 Å². The van der Waals surface area contributed by atoms with Gasteiger partial charge in [-0.15, -0.1) is 0 Å². The Morgan fingerprint density at radius 2 is 2.41 bits per heavy atom. The van der Waals surface area contributed by atoms with Crippen LogP contribution in [-0.2, 0) is 0 Å². The van der Waals surface area contributed by atoms with Gasteiger partial charge < -0.3 is 10.4 Å². The van der Waals surface area contributed by atoms with Gasteiger partial charge in [-0.1, -0.05) is 0 Å². The van der Waals surface area contributed by atoms with E-state index in [1.54, 1.807) is 6.92 Å². The molecule has 1 heterocycles. The Morgan fingerprint density at radius 1 is 1.65 bits per heavy atom. The maximum absolute atomic E-state index is 11.3. The summed E-state index contributed by atoms with van der Waals surface area (Å²) in [7, 11) is 0. The van der Waals surface area contributed by atoms with Gasteiger partial charge in [0.15, 0.2) is 0 Å². The topological polar surface area (TPSA) is 86.1 Å². The Morgan fingerprint density at radius 3 is 3.06 bits per heavy atom. The molecule has 1 aliphatic heterocycles. The summed E-state index contributed by atoms with van der Waals surface area (Å²) in [6.45, 7) is 5.19. The van der Waals surface area contributed by atoms with Crippen molar-refractivity contribution >= 4 is 17.6 Å². The highest BCUT2D eigenvalue weighted by Crippen LogP contribution is 2.03. The van der Waals surface area contributed by atoms with Crippen LogP contribution >= 0.6 is 0 Å². The van der Waals surface area contributed by atoms with Crippen molar-refractivity contribution < 1.29 is 9.90 Å². The molecule has 3 N–H and O–H groups in total. The zero-order valence-corrected chi connectivity index (χ0v) is 10.4. The molecule has 0 aromatic rings. The average Bonchev–Trinajstić information content (AvgIpc) is 2.27. The predicted octanol–water partition coefficient (Wildman–Crippen LogP) is 0.320. The van der Waals surface area contributed by atoms with Crippen molar-refractivity contribution in [2.75, 3.05) is 19.6 Å². The molecular weight excluding hydrogens is 220 g/mol. The van der Waals surface area contributed by atoms with Gasteiger partial charge in [-0.3, -0.25) is 15.3 Å². The third-order valence-corrected chi connectivity index (χ3v) is 2.25. The fourth-order valence-electron chi connectivity index (χ4n) is 1.47. The fourth-order valence-corrected chi connectivity index (χ4v) is 1.47. The highest BCUT2D eigenvalue weighted by molar-refractivity contribution is 6.09. The molecule has 96 valence electrons. The summed E-state index contributed by atoms with van der Waals surface area (Å²) >= 11 is 0. The van der Waals surface area contributed by atoms with Crippen LogP contribution < -0.4 is 10.6 Å². The Labute approximate surface area is 101 Å². The van der Waals surface area contributed by atoms with E-state index in [-0.39, 0.29) is 6.03 Å². The molecule has 0 saturated heterocycles. The van der Waals surface area contributed by atoms with Gasteiger partial charge in [0.2, 0.25) is 0 Å². The number of nitrogens with one attached hydrogen (secondary N) is 2. The third-order valence-electron chi connectivity index (χ3n) is 2.25. The monoisotopic (exact) mass is 240 g/mol. The molecule has 0 radical (unpaired) electrons. The van der Waals surface area contributed by atoms with E-state index in [1.165, 1.54) is 0 Å². The number of aliphatic hydroxyl groups is 1. The van der Waals surface area contributed by atoms with Crippen LogP contribution in [0.15, 0.2) is 9.98 Å². The highest BCUT2D eigenvalue weighted by Gasteiger charge is 2.13. The summed E-state index contributed by atoms with van der Waals surface area (Å²) in [5, 5.41) is 14.5. The lowest BCUT2D eigenvalue weighted by molar-refractivity contribution is 0.204. The molecule has 0 aromatic heterocycles. The number of amides is 2. The van der Waals surface area contributed by atoms with Gasteiger partial charge in [0.25, 0.3) is 0 Å². The molecule has 0 saturated carbocycles. The zero-order chi connectivity index (χ0) is 12.7. The second kappa shape index (κ2) is 7.01. The average molecular weight is 240 g/mol. The SMILES string of the molecule is CCNC(=O)NC1=NCCC(=NCC(C)O)C1. The first-order valence-electron chi connectivity index (χ1n) is 5.90. The van der Waals surface area contributed by atoms with Crippen LogP contribution in [0.1, 0.15) is 26.7 Å². The molecule has 1 rings (SSSR count). The molecule has 0 fully saturated rings. The van der Waals surface area contributed by atoms with E-state index < -0.39 is 6.10 Å². The summed E-state index contributed by atoms with van der Waals surface area (Å²) in [6.07, 6.45) is 0.929. The lowest BCUT2D eigenvalue weighted by Gasteiger charge is -2.15. The Kier molecular flexibility index (Phi) is 5.62. The van der Waals surface area contributed by atoms with Crippen molar-refractivity contribution in [1.82, 2.24) is 10.6 Å². The zero-order valence-electron chi connectivity index (χ0n) is 10.4. The molecule has 6 nitrogen and oxygen atoms in total. The first-order chi connectivity index (χ1) is 8.11. The molecule has 0 bridgehead atoms. The minimum absolute atomic E-state index is 0.233. The maximum Gasteiger partial charge on any atom is 0.320 e. The second-order valence-electron chi connectivity index (χ2n) is 4.00. The third kappa shape index (κ3) is 5.44. The minimum Gasteiger partial charge on any atom is -0.391 e. The standard InChI is InChI=1S/C11H20N4O2/c1-3-12-11(17)15-10-6-9(4-5-13-10)14-7-8(2)16/h8,16H,3-7H2,1-2H3,(H2,12,13,15,17). The van der Waals surface area contributed by atoms with Gasteiger partial charge in [0, 0.05) is 31.6 Å². The van der Waals surface area contributed by atoms with Crippen LogP contribution in [0.2, 0.25) is 0 Å². The van der Waals surface area contributed by atoms with Crippen molar-refractivity contribution in [1.29, 1.82) is 0 Å². The van der Waals surface area contributed by atoms with Crippen LogP contribution in [0.5, 0.6) is 0 Å². The van der Waals surface area contributed by atoms with Crippen LogP contribution in [0.3, 0.4) is 0 Å². The van der Waals surface area contributed by atoms with Crippen LogP contribution in [0, 0.1) is 0 Å². The number of hydrogen-bond acceptors (Lipinski definition) is 4. The number of aliphatic hydroxyl groups excluding tert-OH is 1. The predicted molar refractivity (Wildman–Crippen MR) is 67.7 cm³/mol. The lowest BCUT2D eigenvalue weighted by Crippen LogP contribution is -2.41. The molecule has 6 heteroatoms. The van der Waals surface area contributed by atoms with Crippen molar-refractivity contribution in [2.24, 2.45) is 9.98 Å². The van der Waals surface area contributed by atoms with Crippen molar-refractivity contribution in [2.45, 2.75) is 32.8 Å². The number of urea groups is 1. The molecule has 1 atom stereocenters. The molecule has 0 spiro atoms. The van der Waals surface area contributed by atoms with E-state index in [9.17, 15) is 4.79 Å². The molecule has 0 aliphatic carbocycles. The van der Waals surface area contributed by atoms with Crippen molar-refractivity contribution in [3.05, 3.63) is 0 Å². The molecular formula is C11H20N4O2. The summed E-state index contributed by atoms with van der Waals surface area (Å²) in [5.74, 6) is 0.645.